The lowest BCUT2D eigenvalue weighted by molar-refractivity contribution is -0.0676. The molecule has 8 nitrogen and oxygen atoms in total. The second-order valence-corrected chi connectivity index (χ2v) is 8.31. The summed E-state index contributed by atoms with van der Waals surface area (Å²) in [7, 11) is 0. The number of amides is 2. The number of nitrogens with one attached hydrogen (secondary N) is 2. The zero-order valence-electron chi connectivity index (χ0n) is 17.4. The highest BCUT2D eigenvalue weighted by Gasteiger charge is 2.52. The van der Waals surface area contributed by atoms with Crippen molar-refractivity contribution in [2.75, 3.05) is 5.32 Å². The van der Waals surface area contributed by atoms with Crippen molar-refractivity contribution < 1.29 is 19.8 Å². The van der Waals surface area contributed by atoms with Crippen molar-refractivity contribution in [3.63, 3.8) is 0 Å². The summed E-state index contributed by atoms with van der Waals surface area (Å²) in [6.45, 7) is 1.84. The molecule has 33 heavy (non-hydrogen) atoms. The molecule has 0 bridgehead atoms. The Kier molecular flexibility index (Phi) is 4.84. The second-order valence-electron chi connectivity index (χ2n) is 7.87. The predicted octanol–water partition coefficient (Wildman–Crippen LogP) is 4.72. The van der Waals surface area contributed by atoms with Gasteiger partial charge in [0.2, 0.25) is 5.95 Å². The molecule has 1 aliphatic heterocycles. The van der Waals surface area contributed by atoms with Crippen LogP contribution in [0.2, 0.25) is 5.02 Å². The Hall–Kier alpha value is -3.88. The van der Waals surface area contributed by atoms with Gasteiger partial charge < -0.3 is 15.2 Å². The lowest BCUT2D eigenvalue weighted by atomic mass is 9.92. The molecule has 5 rings (SSSR count). The molecular formula is C24H19ClN4O4. The highest BCUT2D eigenvalue weighted by atomic mass is 35.5. The van der Waals surface area contributed by atoms with Gasteiger partial charge in [0.25, 0.3) is 5.91 Å². The van der Waals surface area contributed by atoms with Crippen LogP contribution in [0.5, 0.6) is 0 Å². The summed E-state index contributed by atoms with van der Waals surface area (Å²) in [4.78, 5) is 33.0. The van der Waals surface area contributed by atoms with Crippen LogP contribution in [-0.2, 0) is 5.72 Å². The van der Waals surface area contributed by atoms with Crippen molar-refractivity contribution in [1.82, 2.24) is 14.9 Å². The van der Waals surface area contributed by atoms with Crippen LogP contribution in [0.25, 0.3) is 11.0 Å². The molecule has 0 radical (unpaired) electrons. The third-order valence-electron chi connectivity index (χ3n) is 5.93. The van der Waals surface area contributed by atoms with Crippen LogP contribution in [0, 0.1) is 0 Å². The number of nitrogens with zero attached hydrogens (tertiary/aromatic N) is 2. The molecule has 0 fully saturated rings. The molecule has 9 heteroatoms. The van der Waals surface area contributed by atoms with E-state index in [2.05, 4.69) is 15.3 Å². The number of aliphatic hydroxyl groups is 1. The van der Waals surface area contributed by atoms with E-state index in [9.17, 15) is 14.7 Å². The Morgan fingerprint density at radius 2 is 1.94 bits per heavy atom. The summed E-state index contributed by atoms with van der Waals surface area (Å²) in [6.07, 6.45) is -1.25. The van der Waals surface area contributed by atoms with E-state index in [1.807, 2.05) is 13.0 Å². The van der Waals surface area contributed by atoms with Crippen LogP contribution in [0.3, 0.4) is 0 Å². The van der Waals surface area contributed by atoms with Crippen LogP contribution in [0.15, 0.2) is 66.7 Å². The Morgan fingerprint density at radius 1 is 1.15 bits per heavy atom. The van der Waals surface area contributed by atoms with E-state index in [-0.39, 0.29) is 11.9 Å². The number of halogens is 1. The predicted molar refractivity (Wildman–Crippen MR) is 123 cm³/mol. The number of carboxylic acid groups (broad SMARTS) is 1. The summed E-state index contributed by atoms with van der Waals surface area (Å²) in [6, 6.07) is 18.6. The lowest BCUT2D eigenvalue weighted by Crippen LogP contribution is -2.46. The SMILES string of the molecule is CC(c1cccc(Cl)c1)N1C(=O)c2ccccc2C1(O)c1ccc2nc(NC(=O)O)[nH]c2c1. The van der Waals surface area contributed by atoms with Gasteiger partial charge in [0.1, 0.15) is 0 Å². The number of rotatable bonds is 4. The normalized spacial score (nSPS) is 18.4. The average molecular weight is 463 g/mol. The maximum Gasteiger partial charge on any atom is 0.411 e. The molecule has 0 spiro atoms. The van der Waals surface area contributed by atoms with Crippen molar-refractivity contribution in [2.45, 2.75) is 18.7 Å². The van der Waals surface area contributed by atoms with E-state index in [1.54, 1.807) is 60.7 Å². The first kappa shape index (κ1) is 21.0. The summed E-state index contributed by atoms with van der Waals surface area (Å²) in [5, 5.41) is 23.9. The number of hydrogen-bond donors (Lipinski definition) is 4. The van der Waals surface area contributed by atoms with Crippen LogP contribution < -0.4 is 5.32 Å². The van der Waals surface area contributed by atoms with Crippen molar-refractivity contribution >= 4 is 40.6 Å². The molecule has 2 unspecified atom stereocenters. The average Bonchev–Trinajstić information content (AvgIpc) is 3.29. The van der Waals surface area contributed by atoms with E-state index < -0.39 is 17.9 Å². The molecule has 166 valence electrons. The molecule has 1 aromatic heterocycles. The minimum atomic E-state index is -1.77. The highest BCUT2D eigenvalue weighted by Crippen LogP contribution is 2.47. The molecule has 2 heterocycles. The molecule has 4 N–H and O–H groups in total. The van der Waals surface area contributed by atoms with Crippen LogP contribution in [0.4, 0.5) is 10.7 Å². The highest BCUT2D eigenvalue weighted by molar-refractivity contribution is 6.30. The minimum Gasteiger partial charge on any atom is -0.465 e. The third kappa shape index (κ3) is 3.31. The molecule has 0 saturated heterocycles. The third-order valence-corrected chi connectivity index (χ3v) is 6.16. The number of hydrogen-bond acceptors (Lipinski definition) is 4. The van der Waals surface area contributed by atoms with E-state index in [0.29, 0.717) is 32.7 Å². The van der Waals surface area contributed by atoms with Gasteiger partial charge in [0.05, 0.1) is 17.1 Å². The maximum absolute atomic E-state index is 13.5. The number of aromatic nitrogens is 2. The van der Waals surface area contributed by atoms with E-state index in [4.69, 9.17) is 16.7 Å². The number of carbonyl (C=O) groups excluding carboxylic acids is 1. The number of benzene rings is 3. The monoisotopic (exact) mass is 462 g/mol. The van der Waals surface area contributed by atoms with Crippen LogP contribution in [-0.4, -0.2) is 37.1 Å². The Labute approximate surface area is 193 Å². The molecule has 1 aliphatic rings. The summed E-state index contributed by atoms with van der Waals surface area (Å²) >= 11 is 6.19. The number of aromatic amines is 1. The summed E-state index contributed by atoms with van der Waals surface area (Å²) in [5.74, 6) is -0.243. The molecule has 0 saturated carbocycles. The first-order valence-corrected chi connectivity index (χ1v) is 10.6. The van der Waals surface area contributed by atoms with Crippen molar-refractivity contribution in [3.05, 3.63) is 94.0 Å². The molecular weight excluding hydrogens is 444 g/mol. The van der Waals surface area contributed by atoms with Crippen LogP contribution in [0.1, 0.15) is 40.0 Å². The van der Waals surface area contributed by atoms with E-state index >= 15 is 0 Å². The molecule has 2 amide bonds. The number of imidazole rings is 1. The summed E-state index contributed by atoms with van der Waals surface area (Å²) < 4.78 is 0. The van der Waals surface area contributed by atoms with E-state index in [1.165, 1.54) is 4.90 Å². The Bertz CT molecular complexity index is 1420. The maximum atomic E-state index is 13.5. The number of fused-ring (bicyclic) bond motifs is 2. The van der Waals surface area contributed by atoms with Crippen molar-refractivity contribution in [3.8, 4) is 0 Å². The quantitative estimate of drug-likeness (QED) is 0.350. The second kappa shape index (κ2) is 7.61. The van der Waals surface area contributed by atoms with Gasteiger partial charge >= 0.3 is 6.09 Å². The fourth-order valence-electron chi connectivity index (χ4n) is 4.43. The molecule has 2 atom stereocenters. The lowest BCUT2D eigenvalue weighted by Gasteiger charge is -2.39. The fraction of sp³-hybridized carbons (Fsp3) is 0.125. The van der Waals surface area contributed by atoms with Gasteiger partial charge in [-0.05, 0) is 42.8 Å². The van der Waals surface area contributed by atoms with Gasteiger partial charge in [0, 0.05) is 21.7 Å². The van der Waals surface area contributed by atoms with E-state index in [0.717, 1.165) is 5.56 Å². The van der Waals surface area contributed by atoms with Gasteiger partial charge in [-0.25, -0.2) is 9.78 Å². The van der Waals surface area contributed by atoms with Gasteiger partial charge in [0.15, 0.2) is 5.72 Å². The molecule has 0 aliphatic carbocycles. The van der Waals surface area contributed by atoms with Gasteiger partial charge in [-0.1, -0.05) is 48.0 Å². The Morgan fingerprint density at radius 3 is 2.70 bits per heavy atom. The van der Waals surface area contributed by atoms with Crippen LogP contribution >= 0.6 is 11.6 Å². The fourth-order valence-corrected chi connectivity index (χ4v) is 4.63. The smallest absolute Gasteiger partial charge is 0.411 e. The first-order chi connectivity index (χ1) is 15.8. The zero-order valence-corrected chi connectivity index (χ0v) is 18.2. The van der Waals surface area contributed by atoms with Gasteiger partial charge in [-0.2, -0.15) is 0 Å². The Balaban J connectivity index is 1.67. The molecule has 3 aromatic carbocycles. The van der Waals surface area contributed by atoms with Crippen molar-refractivity contribution in [1.29, 1.82) is 0 Å². The largest absolute Gasteiger partial charge is 0.465 e. The number of carbonyl (C=O) groups is 2. The summed E-state index contributed by atoms with van der Waals surface area (Å²) in [5.41, 5.74) is 1.34. The topological polar surface area (TPSA) is 119 Å². The standard InChI is InChI=1S/C24H19ClN4O4/c1-13(14-5-4-6-16(25)11-14)29-21(30)17-7-2-3-8-18(17)24(29,33)15-9-10-19-20(12-15)27-22(26-19)28-23(31)32/h2-13,33H,1H3,(H,31,32)(H2,26,27,28). The number of H-pyrrole nitrogens is 1. The van der Waals surface area contributed by atoms with Crippen molar-refractivity contribution in [2.24, 2.45) is 0 Å². The first-order valence-electron chi connectivity index (χ1n) is 10.2. The van der Waals surface area contributed by atoms with Gasteiger partial charge in [-0.3, -0.25) is 15.0 Å². The number of anilines is 1. The minimum absolute atomic E-state index is 0.0636. The van der Waals surface area contributed by atoms with Gasteiger partial charge in [-0.15, -0.1) is 0 Å². The zero-order chi connectivity index (χ0) is 23.3. The molecule has 4 aromatic rings.